The molecular weight excluding hydrogens is 208 g/mol. The fraction of sp³-hybridized carbons (Fsp3) is 0.600. The molecule has 1 aromatic rings. The Morgan fingerprint density at radius 2 is 2.29 bits per heavy atom. The molecule has 17 heavy (non-hydrogen) atoms. The Kier molecular flexibility index (Phi) is 1.91. The van der Waals surface area contributed by atoms with E-state index in [0.717, 1.165) is 12.5 Å². The van der Waals surface area contributed by atoms with Gasteiger partial charge in [-0.1, -0.05) is 19.1 Å². The van der Waals surface area contributed by atoms with Crippen molar-refractivity contribution in [3.8, 4) is 0 Å². The van der Waals surface area contributed by atoms with Gasteiger partial charge in [-0.15, -0.1) is 0 Å². The molecule has 1 aliphatic carbocycles. The van der Waals surface area contributed by atoms with Crippen molar-refractivity contribution in [2.45, 2.75) is 43.6 Å². The van der Waals surface area contributed by atoms with Crippen molar-refractivity contribution in [3.05, 3.63) is 29.3 Å². The maximum absolute atomic E-state index is 3.75. The quantitative estimate of drug-likeness (QED) is 0.713. The molecule has 0 aromatic heterocycles. The topological polar surface area (TPSA) is 24.1 Å². The second kappa shape index (κ2) is 3.26. The molecule has 1 saturated heterocycles. The molecule has 2 heteroatoms. The van der Waals surface area contributed by atoms with E-state index < -0.39 is 0 Å². The van der Waals surface area contributed by atoms with Crippen LogP contribution in [-0.4, -0.2) is 19.1 Å². The molecule has 2 aliphatic heterocycles. The molecule has 1 aromatic carbocycles. The van der Waals surface area contributed by atoms with Gasteiger partial charge in [0, 0.05) is 23.7 Å². The third-order valence-corrected chi connectivity index (χ3v) is 5.02. The van der Waals surface area contributed by atoms with Gasteiger partial charge in [0.25, 0.3) is 0 Å². The highest BCUT2D eigenvalue weighted by atomic mass is 15.0. The maximum Gasteiger partial charge on any atom is 0.0382 e. The first-order valence-corrected chi connectivity index (χ1v) is 6.89. The number of hydrogen-bond donors (Lipinski definition) is 2. The van der Waals surface area contributed by atoms with Crippen molar-refractivity contribution in [2.24, 2.45) is 0 Å². The number of fused-ring (bicyclic) bond motifs is 2. The molecule has 2 nitrogen and oxygen atoms in total. The van der Waals surface area contributed by atoms with E-state index in [9.17, 15) is 0 Å². The van der Waals surface area contributed by atoms with E-state index in [-0.39, 0.29) is 0 Å². The Morgan fingerprint density at radius 1 is 1.35 bits per heavy atom. The summed E-state index contributed by atoms with van der Waals surface area (Å²) in [5.41, 5.74) is 5.01. The average molecular weight is 228 g/mol. The summed E-state index contributed by atoms with van der Waals surface area (Å²) in [6, 6.07) is 7.55. The number of anilines is 1. The summed E-state index contributed by atoms with van der Waals surface area (Å²) in [6.45, 7) is 4.76. The van der Waals surface area contributed by atoms with Crippen LogP contribution in [0.3, 0.4) is 0 Å². The Hall–Kier alpha value is -1.02. The van der Waals surface area contributed by atoms with Gasteiger partial charge in [-0.2, -0.15) is 0 Å². The van der Waals surface area contributed by atoms with Crippen molar-refractivity contribution in [3.63, 3.8) is 0 Å². The van der Waals surface area contributed by atoms with Gasteiger partial charge >= 0.3 is 0 Å². The van der Waals surface area contributed by atoms with Crippen molar-refractivity contribution in [1.82, 2.24) is 5.32 Å². The molecule has 0 radical (unpaired) electrons. The van der Waals surface area contributed by atoms with Gasteiger partial charge < -0.3 is 10.6 Å². The predicted octanol–water partition coefficient (Wildman–Crippen LogP) is 2.61. The number of rotatable bonds is 0. The zero-order valence-corrected chi connectivity index (χ0v) is 10.4. The number of nitrogens with one attached hydrogen (secondary N) is 2. The molecule has 90 valence electrons. The molecule has 0 spiro atoms. The third kappa shape index (κ3) is 1.25. The smallest absolute Gasteiger partial charge is 0.0382 e. The summed E-state index contributed by atoms with van der Waals surface area (Å²) in [6.07, 6.45) is 3.99. The van der Waals surface area contributed by atoms with E-state index in [1.54, 1.807) is 11.1 Å². The summed E-state index contributed by atoms with van der Waals surface area (Å²) in [4.78, 5) is 0. The number of hydrogen-bond acceptors (Lipinski definition) is 2. The summed E-state index contributed by atoms with van der Waals surface area (Å²) in [5, 5.41) is 7.35. The molecule has 4 rings (SSSR count). The van der Waals surface area contributed by atoms with Gasteiger partial charge in [-0.3, -0.25) is 0 Å². The second-order valence-electron chi connectivity index (χ2n) is 6.20. The van der Waals surface area contributed by atoms with Gasteiger partial charge in [0.05, 0.1) is 0 Å². The van der Waals surface area contributed by atoms with E-state index >= 15 is 0 Å². The highest BCUT2D eigenvalue weighted by Crippen LogP contribution is 2.51. The van der Waals surface area contributed by atoms with Crippen LogP contribution in [0.15, 0.2) is 18.2 Å². The SMILES string of the molecule is CC12CNc3cccc(c31)[C@H]1CCCN[C@@H]1C2. The lowest BCUT2D eigenvalue weighted by molar-refractivity contribution is 0.261. The van der Waals surface area contributed by atoms with Crippen molar-refractivity contribution in [2.75, 3.05) is 18.4 Å². The molecule has 1 fully saturated rings. The molecule has 0 saturated carbocycles. The molecule has 0 bridgehead atoms. The van der Waals surface area contributed by atoms with Crippen LogP contribution in [0.5, 0.6) is 0 Å². The van der Waals surface area contributed by atoms with Crippen LogP contribution in [0.4, 0.5) is 5.69 Å². The summed E-state index contributed by atoms with van der Waals surface area (Å²) >= 11 is 0. The molecule has 3 aliphatic rings. The molecule has 2 heterocycles. The lowest BCUT2D eigenvalue weighted by Gasteiger charge is -2.44. The highest BCUT2D eigenvalue weighted by molar-refractivity contribution is 5.65. The Labute approximate surface area is 103 Å². The minimum absolute atomic E-state index is 0.359. The summed E-state index contributed by atoms with van der Waals surface area (Å²) in [7, 11) is 0. The first-order chi connectivity index (χ1) is 8.28. The van der Waals surface area contributed by atoms with Crippen LogP contribution in [0.2, 0.25) is 0 Å². The largest absolute Gasteiger partial charge is 0.384 e. The van der Waals surface area contributed by atoms with Crippen molar-refractivity contribution < 1.29 is 0 Å². The predicted molar refractivity (Wildman–Crippen MR) is 70.7 cm³/mol. The monoisotopic (exact) mass is 228 g/mol. The van der Waals surface area contributed by atoms with Gasteiger partial charge in [0.2, 0.25) is 0 Å². The molecule has 0 amide bonds. The first-order valence-electron chi connectivity index (χ1n) is 6.89. The van der Waals surface area contributed by atoms with Crippen LogP contribution in [0.1, 0.15) is 43.2 Å². The van der Waals surface area contributed by atoms with Gasteiger partial charge in [0.1, 0.15) is 0 Å². The fourth-order valence-electron chi connectivity index (χ4n) is 4.28. The number of benzene rings is 1. The summed E-state index contributed by atoms with van der Waals surface area (Å²) < 4.78 is 0. The molecular formula is C15H20N2. The normalized spacial score (nSPS) is 38.2. The van der Waals surface area contributed by atoms with Crippen LogP contribution >= 0.6 is 0 Å². The van der Waals surface area contributed by atoms with Crippen LogP contribution in [0, 0.1) is 0 Å². The molecule has 1 unspecified atom stereocenters. The van der Waals surface area contributed by atoms with E-state index in [2.05, 4.69) is 35.8 Å². The van der Waals surface area contributed by atoms with Gasteiger partial charge in [-0.05, 0) is 48.9 Å². The summed E-state index contributed by atoms with van der Waals surface area (Å²) in [5.74, 6) is 0.756. The van der Waals surface area contributed by atoms with E-state index in [0.29, 0.717) is 11.5 Å². The number of piperidine rings is 1. The van der Waals surface area contributed by atoms with E-state index in [4.69, 9.17) is 0 Å². The van der Waals surface area contributed by atoms with Crippen LogP contribution < -0.4 is 10.6 Å². The van der Waals surface area contributed by atoms with Crippen LogP contribution in [-0.2, 0) is 5.41 Å². The molecule has 2 N–H and O–H groups in total. The van der Waals surface area contributed by atoms with E-state index in [1.165, 1.54) is 31.5 Å². The molecule has 3 atom stereocenters. The Morgan fingerprint density at radius 3 is 3.24 bits per heavy atom. The third-order valence-electron chi connectivity index (χ3n) is 5.02. The zero-order chi connectivity index (χ0) is 11.5. The van der Waals surface area contributed by atoms with Crippen LogP contribution in [0.25, 0.3) is 0 Å². The fourth-order valence-corrected chi connectivity index (χ4v) is 4.28. The average Bonchev–Trinajstić information content (AvgIpc) is 2.69. The first kappa shape index (κ1) is 9.95. The highest BCUT2D eigenvalue weighted by Gasteiger charge is 2.46. The Bertz CT molecular complexity index is 468. The minimum Gasteiger partial charge on any atom is -0.384 e. The zero-order valence-electron chi connectivity index (χ0n) is 10.4. The van der Waals surface area contributed by atoms with Crippen molar-refractivity contribution in [1.29, 1.82) is 0 Å². The second-order valence-corrected chi connectivity index (χ2v) is 6.20. The van der Waals surface area contributed by atoms with Crippen molar-refractivity contribution >= 4 is 5.69 Å². The lowest BCUT2D eigenvalue weighted by atomic mass is 9.64. The van der Waals surface area contributed by atoms with Gasteiger partial charge in [-0.25, -0.2) is 0 Å². The van der Waals surface area contributed by atoms with E-state index in [1.807, 2.05) is 0 Å². The maximum atomic E-state index is 3.75. The Balaban J connectivity index is 1.91. The minimum atomic E-state index is 0.359. The lowest BCUT2D eigenvalue weighted by Crippen LogP contribution is -2.48. The standard InChI is InChI=1S/C15H20N2/c1-15-8-13-10(5-3-7-16-13)11-4-2-6-12(14(11)15)17-9-15/h2,4,6,10,13,16-17H,3,5,7-9H2,1H3/t10-,13-,15?/m1/s1. The van der Waals surface area contributed by atoms with Gasteiger partial charge in [0.15, 0.2) is 0 Å².